The summed E-state index contributed by atoms with van der Waals surface area (Å²) in [5.41, 5.74) is 1.15. The first-order chi connectivity index (χ1) is 12.5. The van der Waals surface area contributed by atoms with Crippen molar-refractivity contribution in [1.29, 1.82) is 0 Å². The Morgan fingerprint density at radius 3 is 1.92 bits per heavy atom. The molecular formula is C18H12N4O3S. The first-order valence-corrected chi connectivity index (χ1v) is 8.06. The number of aromatic hydroxyl groups is 2. The summed E-state index contributed by atoms with van der Waals surface area (Å²) in [7, 11) is 0. The van der Waals surface area contributed by atoms with Gasteiger partial charge in [-0.3, -0.25) is 9.78 Å². The molecular weight excluding hydrogens is 352 g/mol. The summed E-state index contributed by atoms with van der Waals surface area (Å²) >= 11 is 4.99. The van der Waals surface area contributed by atoms with Crippen LogP contribution in [0.3, 0.4) is 0 Å². The third kappa shape index (κ3) is 2.62. The van der Waals surface area contributed by atoms with Crippen LogP contribution in [0.25, 0.3) is 33.7 Å². The fourth-order valence-electron chi connectivity index (χ4n) is 2.71. The van der Waals surface area contributed by atoms with Crippen molar-refractivity contribution in [3.63, 3.8) is 0 Å². The molecule has 0 aliphatic carbocycles. The number of phenolic OH excluding ortho intramolecular Hbond substituents is 2. The topological polar surface area (TPSA) is 115 Å². The summed E-state index contributed by atoms with van der Waals surface area (Å²) in [5.74, 6) is -0.0145. The number of aromatic nitrogens is 4. The van der Waals surface area contributed by atoms with Gasteiger partial charge in [-0.25, -0.2) is 9.97 Å². The standard InChI is InChI=1S/C18H12N4O3S/c23-11-7-3-1-5-9(11)13-14(10-6-2-4-8-12(10)24)20-16-15(19-13)17(25)22-18(26)21-16/h1-8,23-24H,(H2,20,21,22,25,26). The predicted molar refractivity (Wildman–Crippen MR) is 99.5 cm³/mol. The number of benzene rings is 2. The Kier molecular flexibility index (Phi) is 3.74. The smallest absolute Gasteiger partial charge is 0.279 e. The summed E-state index contributed by atoms with van der Waals surface area (Å²) in [6.45, 7) is 0. The zero-order valence-electron chi connectivity index (χ0n) is 13.2. The maximum Gasteiger partial charge on any atom is 0.279 e. The Hall–Kier alpha value is -3.52. The molecule has 2 heterocycles. The van der Waals surface area contributed by atoms with Crippen molar-refractivity contribution in [1.82, 2.24) is 19.9 Å². The molecule has 8 heteroatoms. The molecule has 0 radical (unpaired) electrons. The van der Waals surface area contributed by atoms with Gasteiger partial charge >= 0.3 is 0 Å². The van der Waals surface area contributed by atoms with Gasteiger partial charge in [0, 0.05) is 11.1 Å². The minimum Gasteiger partial charge on any atom is -0.507 e. The molecule has 7 nitrogen and oxygen atoms in total. The quantitative estimate of drug-likeness (QED) is 0.406. The van der Waals surface area contributed by atoms with Crippen molar-refractivity contribution in [2.75, 3.05) is 0 Å². The second kappa shape index (κ2) is 6.08. The number of hydrogen-bond acceptors (Lipinski definition) is 6. The van der Waals surface area contributed by atoms with Crippen LogP contribution < -0.4 is 5.56 Å². The molecule has 0 saturated carbocycles. The second-order valence-corrected chi connectivity index (χ2v) is 5.97. The van der Waals surface area contributed by atoms with Crippen molar-refractivity contribution < 1.29 is 10.2 Å². The zero-order chi connectivity index (χ0) is 18.3. The fourth-order valence-corrected chi connectivity index (χ4v) is 2.89. The number of nitrogens with zero attached hydrogens (tertiary/aromatic N) is 2. The van der Waals surface area contributed by atoms with E-state index in [1.54, 1.807) is 36.4 Å². The number of nitrogens with one attached hydrogen (secondary N) is 2. The molecule has 128 valence electrons. The van der Waals surface area contributed by atoms with E-state index in [2.05, 4.69) is 19.9 Å². The molecule has 0 spiro atoms. The molecule has 2 aromatic carbocycles. The van der Waals surface area contributed by atoms with Gasteiger partial charge in [-0.15, -0.1) is 0 Å². The van der Waals surface area contributed by atoms with Crippen LogP contribution in [0.15, 0.2) is 53.3 Å². The lowest BCUT2D eigenvalue weighted by Gasteiger charge is -2.12. The third-order valence-electron chi connectivity index (χ3n) is 3.89. The highest BCUT2D eigenvalue weighted by Crippen LogP contribution is 2.37. The van der Waals surface area contributed by atoms with Gasteiger partial charge < -0.3 is 15.2 Å². The molecule has 2 aromatic heterocycles. The number of hydrogen-bond donors (Lipinski definition) is 4. The van der Waals surface area contributed by atoms with Crippen LogP contribution in [0.1, 0.15) is 0 Å². The molecule has 26 heavy (non-hydrogen) atoms. The lowest BCUT2D eigenvalue weighted by molar-refractivity contribution is 0.475. The number of para-hydroxylation sites is 2. The minimum absolute atomic E-state index is 0.00117. The highest BCUT2D eigenvalue weighted by molar-refractivity contribution is 7.71. The SMILES string of the molecule is O=c1[nH]c(=S)[nH]c2nc(-c3ccccc3O)c(-c3ccccc3O)nc12. The van der Waals surface area contributed by atoms with Crippen LogP contribution in [0.5, 0.6) is 11.5 Å². The first-order valence-electron chi connectivity index (χ1n) is 7.65. The molecule has 0 bridgehead atoms. The van der Waals surface area contributed by atoms with E-state index in [1.807, 2.05) is 0 Å². The van der Waals surface area contributed by atoms with Gasteiger partial charge in [0.2, 0.25) is 0 Å². The van der Waals surface area contributed by atoms with Crippen LogP contribution in [0.2, 0.25) is 0 Å². The first kappa shape index (κ1) is 16.0. The van der Waals surface area contributed by atoms with Crippen LogP contribution in [-0.4, -0.2) is 30.1 Å². The Balaban J connectivity index is 2.16. The number of H-pyrrole nitrogens is 2. The van der Waals surface area contributed by atoms with Crippen molar-refractivity contribution in [3.8, 4) is 34.0 Å². The average molecular weight is 364 g/mol. The van der Waals surface area contributed by atoms with E-state index in [0.29, 0.717) is 16.8 Å². The highest BCUT2D eigenvalue weighted by Gasteiger charge is 2.19. The van der Waals surface area contributed by atoms with E-state index in [1.165, 1.54) is 12.1 Å². The Labute approximate surface area is 151 Å². The molecule has 0 atom stereocenters. The number of fused-ring (bicyclic) bond motifs is 1. The van der Waals surface area contributed by atoms with Gasteiger partial charge in [0.05, 0.1) is 0 Å². The molecule has 4 N–H and O–H groups in total. The van der Waals surface area contributed by atoms with Crippen molar-refractivity contribution >= 4 is 23.4 Å². The van der Waals surface area contributed by atoms with Gasteiger partial charge in [-0.1, -0.05) is 24.3 Å². The average Bonchev–Trinajstić information content (AvgIpc) is 2.62. The zero-order valence-corrected chi connectivity index (χ0v) is 14.0. The van der Waals surface area contributed by atoms with Crippen LogP contribution in [0.4, 0.5) is 0 Å². The fraction of sp³-hybridized carbons (Fsp3) is 0. The molecule has 0 unspecified atom stereocenters. The normalized spacial score (nSPS) is 10.9. The Morgan fingerprint density at radius 1 is 0.808 bits per heavy atom. The van der Waals surface area contributed by atoms with E-state index < -0.39 is 5.56 Å². The lowest BCUT2D eigenvalue weighted by Crippen LogP contribution is -2.12. The molecule has 4 aromatic rings. The van der Waals surface area contributed by atoms with Crippen molar-refractivity contribution in [2.45, 2.75) is 0 Å². The predicted octanol–water partition coefficient (Wildman–Crippen LogP) is 3.12. The van der Waals surface area contributed by atoms with Crippen molar-refractivity contribution in [2.24, 2.45) is 0 Å². The number of aromatic amines is 2. The maximum atomic E-state index is 12.2. The summed E-state index contributed by atoms with van der Waals surface area (Å²) in [6.07, 6.45) is 0. The highest BCUT2D eigenvalue weighted by atomic mass is 32.1. The van der Waals surface area contributed by atoms with Gasteiger partial charge in [-0.05, 0) is 36.5 Å². The van der Waals surface area contributed by atoms with Crippen LogP contribution >= 0.6 is 12.2 Å². The molecule has 4 rings (SSSR count). The van der Waals surface area contributed by atoms with E-state index in [-0.39, 0.29) is 33.1 Å². The monoisotopic (exact) mass is 364 g/mol. The van der Waals surface area contributed by atoms with Gasteiger partial charge in [0.15, 0.2) is 15.9 Å². The molecule has 0 aliphatic rings. The van der Waals surface area contributed by atoms with Crippen LogP contribution in [0, 0.1) is 4.77 Å². The minimum atomic E-state index is -0.489. The van der Waals surface area contributed by atoms with E-state index in [4.69, 9.17) is 12.2 Å². The molecule has 0 aliphatic heterocycles. The van der Waals surface area contributed by atoms with Gasteiger partial charge in [0.25, 0.3) is 5.56 Å². The van der Waals surface area contributed by atoms with E-state index >= 15 is 0 Å². The van der Waals surface area contributed by atoms with Gasteiger partial charge in [-0.2, -0.15) is 0 Å². The molecule has 0 fully saturated rings. The maximum absolute atomic E-state index is 12.2. The molecule has 0 saturated heterocycles. The summed E-state index contributed by atoms with van der Waals surface area (Å²) in [6, 6.07) is 13.2. The summed E-state index contributed by atoms with van der Waals surface area (Å²) in [5, 5.41) is 20.5. The van der Waals surface area contributed by atoms with E-state index in [0.717, 1.165) is 0 Å². The van der Waals surface area contributed by atoms with E-state index in [9.17, 15) is 15.0 Å². The number of phenols is 2. The number of rotatable bonds is 2. The second-order valence-electron chi connectivity index (χ2n) is 5.56. The van der Waals surface area contributed by atoms with Crippen LogP contribution in [-0.2, 0) is 0 Å². The largest absolute Gasteiger partial charge is 0.507 e. The molecule has 0 amide bonds. The third-order valence-corrected chi connectivity index (χ3v) is 4.09. The summed E-state index contributed by atoms with van der Waals surface area (Å²) < 4.78 is 0.121. The Morgan fingerprint density at radius 2 is 1.35 bits per heavy atom. The van der Waals surface area contributed by atoms with Gasteiger partial charge in [0.1, 0.15) is 22.9 Å². The lowest BCUT2D eigenvalue weighted by atomic mass is 10.0. The Bertz CT molecular complexity index is 1260. The summed E-state index contributed by atoms with van der Waals surface area (Å²) in [4.78, 5) is 26.4. The van der Waals surface area contributed by atoms with Crippen molar-refractivity contribution in [3.05, 3.63) is 63.7 Å².